The molecule has 1 N–H and O–H groups in total. The quantitative estimate of drug-likeness (QED) is 0.692. The molecule has 5 heteroatoms. The minimum atomic E-state index is -0.926. The van der Waals surface area contributed by atoms with E-state index in [0.29, 0.717) is 12.8 Å². The third-order valence-corrected chi connectivity index (χ3v) is 3.50. The maximum atomic E-state index is 11.6. The third kappa shape index (κ3) is 1.45. The first kappa shape index (κ1) is 12.2. The highest BCUT2D eigenvalue weighted by Gasteiger charge is 2.54. The van der Waals surface area contributed by atoms with Crippen LogP contribution in [0, 0.1) is 39.9 Å². The summed E-state index contributed by atoms with van der Waals surface area (Å²) in [5, 5.41) is 20.1. The van der Waals surface area contributed by atoms with Crippen molar-refractivity contribution in [3.8, 4) is 12.1 Å². The number of rotatable bonds is 2. The van der Waals surface area contributed by atoms with E-state index < -0.39 is 29.1 Å². The van der Waals surface area contributed by atoms with Crippen LogP contribution in [0.3, 0.4) is 0 Å². The number of hydrogen-bond donors (Lipinski definition) is 1. The average Bonchev–Trinajstić information content (AvgIpc) is 2.27. The largest absolute Gasteiger partial charge is 0.294 e. The number of imide groups is 1. The van der Waals surface area contributed by atoms with E-state index in [1.165, 1.54) is 0 Å². The fourth-order valence-corrected chi connectivity index (χ4v) is 2.40. The van der Waals surface area contributed by atoms with Crippen LogP contribution < -0.4 is 5.32 Å². The van der Waals surface area contributed by atoms with Crippen LogP contribution in [0.4, 0.5) is 0 Å². The fraction of sp³-hybridized carbons (Fsp3) is 0.636. The number of carbonyl (C=O) groups is 2. The number of nitrogens with zero attached hydrogens (tertiary/aromatic N) is 2. The first-order chi connectivity index (χ1) is 7.57. The first-order valence-corrected chi connectivity index (χ1v) is 5.21. The zero-order valence-electron chi connectivity index (χ0n) is 9.28. The molecule has 1 aliphatic heterocycles. The zero-order chi connectivity index (χ0) is 12.3. The van der Waals surface area contributed by atoms with Gasteiger partial charge >= 0.3 is 0 Å². The highest BCUT2D eigenvalue weighted by Crippen LogP contribution is 2.44. The molecule has 0 aromatic rings. The summed E-state index contributed by atoms with van der Waals surface area (Å²) in [7, 11) is 0. The molecule has 84 valence electrons. The van der Waals surface area contributed by atoms with Crippen LogP contribution in [-0.2, 0) is 9.59 Å². The van der Waals surface area contributed by atoms with Gasteiger partial charge < -0.3 is 0 Å². The Morgan fingerprint density at radius 3 is 1.75 bits per heavy atom. The van der Waals surface area contributed by atoms with Crippen LogP contribution in [0.15, 0.2) is 0 Å². The first-order valence-electron chi connectivity index (χ1n) is 5.21. The van der Waals surface area contributed by atoms with E-state index in [1.54, 1.807) is 13.8 Å². The van der Waals surface area contributed by atoms with Gasteiger partial charge in [-0.15, -0.1) is 0 Å². The van der Waals surface area contributed by atoms with Crippen LogP contribution in [0.2, 0.25) is 0 Å². The molecule has 0 saturated carbocycles. The van der Waals surface area contributed by atoms with Crippen LogP contribution in [0.25, 0.3) is 0 Å². The predicted octanol–water partition coefficient (Wildman–Crippen LogP) is 0.729. The number of piperidine rings is 1. The fourth-order valence-electron chi connectivity index (χ4n) is 2.40. The van der Waals surface area contributed by atoms with E-state index in [9.17, 15) is 9.59 Å². The monoisotopic (exact) mass is 219 g/mol. The summed E-state index contributed by atoms with van der Waals surface area (Å²) in [4.78, 5) is 23.1. The topological polar surface area (TPSA) is 93.8 Å². The molecule has 0 radical (unpaired) electrons. The molecule has 0 aromatic carbocycles. The SMILES string of the molecule is CCC1(CC)[C@@H](C#N)C(=O)NC(=O)[C@@H]1C#N. The lowest BCUT2D eigenvalue weighted by atomic mass is 9.61. The van der Waals surface area contributed by atoms with Crippen LogP contribution in [0.5, 0.6) is 0 Å². The van der Waals surface area contributed by atoms with Crippen molar-refractivity contribution in [2.75, 3.05) is 0 Å². The molecule has 5 nitrogen and oxygen atoms in total. The van der Waals surface area contributed by atoms with Crippen LogP contribution in [-0.4, -0.2) is 11.8 Å². The van der Waals surface area contributed by atoms with E-state index in [2.05, 4.69) is 5.32 Å². The van der Waals surface area contributed by atoms with Gasteiger partial charge in [-0.1, -0.05) is 13.8 Å². The molecular formula is C11H13N3O2. The van der Waals surface area contributed by atoms with Crippen molar-refractivity contribution in [1.82, 2.24) is 5.32 Å². The number of nitrogens with one attached hydrogen (secondary N) is 1. The number of amides is 2. The second-order valence-corrected chi connectivity index (χ2v) is 3.92. The van der Waals surface area contributed by atoms with Gasteiger partial charge in [0.2, 0.25) is 11.8 Å². The molecule has 0 aliphatic carbocycles. The molecule has 2 atom stereocenters. The maximum absolute atomic E-state index is 11.6. The van der Waals surface area contributed by atoms with E-state index in [4.69, 9.17) is 10.5 Å². The van der Waals surface area contributed by atoms with Crippen LogP contribution >= 0.6 is 0 Å². The van der Waals surface area contributed by atoms with Crippen molar-refractivity contribution < 1.29 is 9.59 Å². The van der Waals surface area contributed by atoms with Crippen molar-refractivity contribution in [1.29, 1.82) is 10.5 Å². The summed E-state index contributed by atoms with van der Waals surface area (Å²) in [6.07, 6.45) is 0.915. The van der Waals surface area contributed by atoms with Gasteiger partial charge in [0.1, 0.15) is 11.8 Å². The van der Waals surface area contributed by atoms with Crippen LogP contribution in [0.1, 0.15) is 26.7 Å². The minimum Gasteiger partial charge on any atom is -0.294 e. The highest BCUT2D eigenvalue weighted by molar-refractivity contribution is 6.03. The summed E-state index contributed by atoms with van der Waals surface area (Å²) < 4.78 is 0. The molecule has 1 fully saturated rings. The number of hydrogen-bond acceptors (Lipinski definition) is 4. The lowest BCUT2D eigenvalue weighted by Crippen LogP contribution is -2.57. The van der Waals surface area contributed by atoms with Gasteiger partial charge in [-0.3, -0.25) is 14.9 Å². The summed E-state index contributed by atoms with van der Waals surface area (Å²) in [6, 6.07) is 3.83. The third-order valence-electron chi connectivity index (χ3n) is 3.50. The molecule has 1 rings (SSSR count). The molecular weight excluding hydrogens is 206 g/mol. The molecule has 1 saturated heterocycles. The Morgan fingerprint density at radius 1 is 1.12 bits per heavy atom. The number of nitriles is 2. The summed E-state index contributed by atoms with van der Waals surface area (Å²) >= 11 is 0. The molecule has 0 spiro atoms. The molecule has 0 bridgehead atoms. The van der Waals surface area contributed by atoms with E-state index >= 15 is 0 Å². The van der Waals surface area contributed by atoms with E-state index in [-0.39, 0.29) is 0 Å². The Labute approximate surface area is 94.0 Å². The lowest BCUT2D eigenvalue weighted by molar-refractivity contribution is -0.145. The van der Waals surface area contributed by atoms with Gasteiger partial charge in [0, 0.05) is 5.41 Å². The summed E-state index contributed by atoms with van der Waals surface area (Å²) in [5.74, 6) is -3.01. The molecule has 16 heavy (non-hydrogen) atoms. The van der Waals surface area contributed by atoms with Gasteiger partial charge in [-0.05, 0) is 12.8 Å². The summed E-state index contributed by atoms with van der Waals surface area (Å²) in [5.41, 5.74) is -0.844. The Kier molecular flexibility index (Phi) is 3.29. The molecule has 2 amide bonds. The van der Waals surface area contributed by atoms with Crippen molar-refractivity contribution in [3.05, 3.63) is 0 Å². The highest BCUT2D eigenvalue weighted by atomic mass is 16.2. The van der Waals surface area contributed by atoms with Gasteiger partial charge in [-0.2, -0.15) is 10.5 Å². The lowest BCUT2D eigenvalue weighted by Gasteiger charge is -2.41. The Hall–Kier alpha value is -1.88. The Morgan fingerprint density at radius 2 is 1.50 bits per heavy atom. The van der Waals surface area contributed by atoms with Gasteiger partial charge in [0.15, 0.2) is 0 Å². The second kappa shape index (κ2) is 4.32. The van der Waals surface area contributed by atoms with E-state index in [1.807, 2.05) is 12.1 Å². The maximum Gasteiger partial charge on any atom is 0.244 e. The van der Waals surface area contributed by atoms with Crippen molar-refractivity contribution in [2.45, 2.75) is 26.7 Å². The van der Waals surface area contributed by atoms with Gasteiger partial charge in [0.25, 0.3) is 0 Å². The standard InChI is InChI=1S/C11H13N3O2/c1-3-11(4-2)7(5-12)9(15)14-10(16)8(11)6-13/h7-8H,3-4H2,1-2H3,(H,14,15,16)/t7-,8-/m0/s1. The molecule has 0 aromatic heterocycles. The summed E-state index contributed by atoms with van der Waals surface area (Å²) in [6.45, 7) is 3.59. The normalized spacial score (nSPS) is 27.8. The average molecular weight is 219 g/mol. The molecule has 0 unspecified atom stereocenters. The van der Waals surface area contributed by atoms with E-state index in [0.717, 1.165) is 0 Å². The predicted molar refractivity (Wildman–Crippen MR) is 54.4 cm³/mol. The Bertz CT molecular complexity index is 364. The number of carbonyl (C=O) groups excluding carboxylic acids is 2. The molecule has 1 heterocycles. The smallest absolute Gasteiger partial charge is 0.244 e. The zero-order valence-corrected chi connectivity index (χ0v) is 9.28. The second-order valence-electron chi connectivity index (χ2n) is 3.92. The van der Waals surface area contributed by atoms with Gasteiger partial charge in [0.05, 0.1) is 12.1 Å². The van der Waals surface area contributed by atoms with Crippen molar-refractivity contribution in [2.24, 2.45) is 17.3 Å². The van der Waals surface area contributed by atoms with Crippen molar-refractivity contribution >= 4 is 11.8 Å². The Balaban J connectivity index is 3.32. The van der Waals surface area contributed by atoms with Gasteiger partial charge in [-0.25, -0.2) is 0 Å². The minimum absolute atomic E-state index is 0.457. The van der Waals surface area contributed by atoms with Crippen molar-refractivity contribution in [3.63, 3.8) is 0 Å². The molecule has 1 aliphatic rings.